The molecule has 1 aliphatic rings. The average molecular weight is 430 g/mol. The Morgan fingerprint density at radius 1 is 1.10 bits per heavy atom. The molecular formula is C23H27FN2O5. The third-order valence-corrected chi connectivity index (χ3v) is 5.11. The number of nitrogens with zero attached hydrogens (tertiary/aromatic N) is 1. The molecule has 0 aromatic heterocycles. The molecule has 0 saturated carbocycles. The molecule has 7 nitrogen and oxygen atoms in total. The van der Waals surface area contributed by atoms with Crippen molar-refractivity contribution < 1.29 is 28.2 Å². The van der Waals surface area contributed by atoms with Gasteiger partial charge in [0.2, 0.25) is 0 Å². The number of fused-ring (bicyclic) bond motifs is 1. The van der Waals surface area contributed by atoms with Gasteiger partial charge in [0.1, 0.15) is 5.82 Å². The number of carbonyl (C=O) groups is 2. The van der Waals surface area contributed by atoms with E-state index in [-0.39, 0.29) is 18.3 Å². The Morgan fingerprint density at radius 3 is 2.35 bits per heavy atom. The maximum Gasteiger partial charge on any atom is 0.322 e. The van der Waals surface area contributed by atoms with Crippen molar-refractivity contribution in [2.24, 2.45) is 0 Å². The lowest BCUT2D eigenvalue weighted by Crippen LogP contribution is -2.43. The molecule has 1 atom stereocenters. The first-order chi connectivity index (χ1) is 15.0. The van der Waals surface area contributed by atoms with E-state index in [9.17, 15) is 14.0 Å². The molecule has 1 N–H and O–H groups in total. The van der Waals surface area contributed by atoms with E-state index in [1.807, 2.05) is 26.0 Å². The van der Waals surface area contributed by atoms with Crippen LogP contribution < -0.4 is 14.8 Å². The van der Waals surface area contributed by atoms with Crippen LogP contribution in [0.5, 0.6) is 11.5 Å². The van der Waals surface area contributed by atoms with Gasteiger partial charge < -0.3 is 24.4 Å². The van der Waals surface area contributed by atoms with E-state index in [1.54, 1.807) is 4.90 Å². The third kappa shape index (κ3) is 5.25. The van der Waals surface area contributed by atoms with E-state index in [1.165, 1.54) is 31.4 Å². The molecule has 31 heavy (non-hydrogen) atoms. The molecule has 0 aliphatic carbocycles. The Kier molecular flexibility index (Phi) is 7.33. The van der Waals surface area contributed by atoms with Gasteiger partial charge in [-0.25, -0.2) is 9.18 Å². The number of amides is 2. The Balaban J connectivity index is 1.94. The predicted octanol–water partition coefficient (Wildman–Crippen LogP) is 4.32. The highest BCUT2D eigenvalue weighted by molar-refractivity contribution is 5.90. The number of anilines is 1. The first kappa shape index (κ1) is 22.4. The number of benzene rings is 2. The molecule has 0 spiro atoms. The van der Waals surface area contributed by atoms with Crippen molar-refractivity contribution in [3.8, 4) is 11.5 Å². The highest BCUT2D eigenvalue weighted by Crippen LogP contribution is 2.40. The summed E-state index contributed by atoms with van der Waals surface area (Å²) < 4.78 is 29.5. The predicted molar refractivity (Wildman–Crippen MR) is 114 cm³/mol. The lowest BCUT2D eigenvalue weighted by molar-refractivity contribution is -0.141. The number of carbonyl (C=O) groups excluding carboxylic acids is 2. The van der Waals surface area contributed by atoms with Gasteiger partial charge >= 0.3 is 12.0 Å². The number of urea groups is 1. The normalized spacial score (nSPS) is 15.1. The summed E-state index contributed by atoms with van der Waals surface area (Å²) in [7, 11) is 1.32. The highest BCUT2D eigenvalue weighted by Gasteiger charge is 2.34. The van der Waals surface area contributed by atoms with Crippen molar-refractivity contribution in [1.29, 1.82) is 0 Å². The molecule has 2 amide bonds. The van der Waals surface area contributed by atoms with E-state index in [4.69, 9.17) is 14.2 Å². The molecule has 2 aromatic carbocycles. The number of hydrogen-bond donors (Lipinski definition) is 1. The second-order valence-electron chi connectivity index (χ2n) is 7.04. The first-order valence-electron chi connectivity index (χ1n) is 10.3. The zero-order valence-corrected chi connectivity index (χ0v) is 17.9. The van der Waals surface area contributed by atoms with Gasteiger partial charge in [0.05, 0.1) is 32.8 Å². The highest BCUT2D eigenvalue weighted by atomic mass is 19.1. The summed E-state index contributed by atoms with van der Waals surface area (Å²) in [6.45, 7) is 5.13. The van der Waals surface area contributed by atoms with Gasteiger partial charge in [0.15, 0.2) is 11.5 Å². The summed E-state index contributed by atoms with van der Waals surface area (Å²) in [5.74, 6) is 0.397. The monoisotopic (exact) mass is 430 g/mol. The van der Waals surface area contributed by atoms with Crippen molar-refractivity contribution in [1.82, 2.24) is 4.90 Å². The van der Waals surface area contributed by atoms with E-state index in [0.717, 1.165) is 11.1 Å². The third-order valence-electron chi connectivity index (χ3n) is 5.11. The van der Waals surface area contributed by atoms with Crippen molar-refractivity contribution in [3.05, 3.63) is 53.3 Å². The fraction of sp³-hybridized carbons (Fsp3) is 0.391. The zero-order valence-electron chi connectivity index (χ0n) is 17.9. The van der Waals surface area contributed by atoms with Gasteiger partial charge in [-0.3, -0.25) is 4.79 Å². The summed E-state index contributed by atoms with van der Waals surface area (Å²) in [5, 5.41) is 2.77. The van der Waals surface area contributed by atoms with Gasteiger partial charge in [-0.15, -0.1) is 0 Å². The van der Waals surface area contributed by atoms with Crippen LogP contribution in [0, 0.1) is 5.82 Å². The minimum Gasteiger partial charge on any atom is -0.490 e. The van der Waals surface area contributed by atoms with E-state index in [2.05, 4.69) is 5.32 Å². The van der Waals surface area contributed by atoms with Crippen molar-refractivity contribution in [3.63, 3.8) is 0 Å². The summed E-state index contributed by atoms with van der Waals surface area (Å²) in [6, 6.07) is 8.37. The second kappa shape index (κ2) is 10.1. The largest absolute Gasteiger partial charge is 0.490 e. The van der Waals surface area contributed by atoms with Crippen LogP contribution in [0.4, 0.5) is 14.9 Å². The van der Waals surface area contributed by atoms with Gasteiger partial charge in [0.25, 0.3) is 0 Å². The van der Waals surface area contributed by atoms with Crippen LogP contribution in [-0.4, -0.2) is 43.8 Å². The number of halogens is 1. The second-order valence-corrected chi connectivity index (χ2v) is 7.04. The minimum absolute atomic E-state index is 0.000115. The molecule has 166 valence electrons. The summed E-state index contributed by atoms with van der Waals surface area (Å²) in [5.41, 5.74) is 2.28. The minimum atomic E-state index is -0.536. The molecule has 0 saturated heterocycles. The molecule has 2 aromatic rings. The van der Waals surface area contributed by atoms with Crippen LogP contribution in [-0.2, 0) is 16.0 Å². The summed E-state index contributed by atoms with van der Waals surface area (Å²) in [4.78, 5) is 26.8. The fourth-order valence-electron chi connectivity index (χ4n) is 3.68. The van der Waals surface area contributed by atoms with Gasteiger partial charge in [-0.05, 0) is 67.8 Å². The topological polar surface area (TPSA) is 77.1 Å². The quantitative estimate of drug-likeness (QED) is 0.662. The van der Waals surface area contributed by atoms with Gasteiger partial charge in [-0.1, -0.05) is 0 Å². The smallest absolute Gasteiger partial charge is 0.322 e. The summed E-state index contributed by atoms with van der Waals surface area (Å²) in [6.07, 6.45) is 0.593. The van der Waals surface area contributed by atoms with Gasteiger partial charge in [0, 0.05) is 12.2 Å². The van der Waals surface area contributed by atoms with Crippen LogP contribution in [0.25, 0.3) is 0 Å². The zero-order chi connectivity index (χ0) is 22.4. The molecule has 1 heterocycles. The maximum atomic E-state index is 13.2. The molecule has 1 aliphatic heterocycles. The molecule has 0 fully saturated rings. The molecular weight excluding hydrogens is 403 g/mol. The van der Waals surface area contributed by atoms with E-state index >= 15 is 0 Å². The van der Waals surface area contributed by atoms with Crippen molar-refractivity contribution >= 4 is 17.7 Å². The number of esters is 1. The van der Waals surface area contributed by atoms with Gasteiger partial charge in [-0.2, -0.15) is 0 Å². The number of ether oxygens (including phenoxy) is 3. The Labute approximate surface area is 181 Å². The molecule has 3 rings (SSSR count). The number of nitrogens with one attached hydrogen (secondary N) is 1. The van der Waals surface area contributed by atoms with Crippen LogP contribution in [0.3, 0.4) is 0 Å². The van der Waals surface area contributed by atoms with Crippen molar-refractivity contribution in [2.45, 2.75) is 32.7 Å². The standard InChI is InChI=1S/C23H27FN2O5/c1-4-30-20-12-15-10-11-26(23(28)25-17-8-6-16(24)7-9-17)19(14-22(27)29-3)18(15)13-21(20)31-5-2/h6-9,12-13,19H,4-5,10-11,14H2,1-3H3,(H,25,28). The number of rotatable bonds is 7. The molecule has 8 heteroatoms. The fourth-order valence-corrected chi connectivity index (χ4v) is 3.68. The van der Waals surface area contributed by atoms with Crippen LogP contribution in [0.1, 0.15) is 37.4 Å². The molecule has 1 unspecified atom stereocenters. The molecule has 0 radical (unpaired) electrons. The van der Waals surface area contributed by atoms with E-state index < -0.39 is 12.0 Å². The lowest BCUT2D eigenvalue weighted by atomic mass is 9.90. The Hall–Kier alpha value is -3.29. The van der Waals surface area contributed by atoms with Crippen LogP contribution in [0.15, 0.2) is 36.4 Å². The average Bonchev–Trinajstić information content (AvgIpc) is 2.76. The first-order valence-corrected chi connectivity index (χ1v) is 10.3. The van der Waals surface area contributed by atoms with E-state index in [0.29, 0.717) is 43.4 Å². The number of methoxy groups -OCH3 is 1. The Morgan fingerprint density at radius 2 is 1.74 bits per heavy atom. The van der Waals surface area contributed by atoms with Crippen LogP contribution >= 0.6 is 0 Å². The number of hydrogen-bond acceptors (Lipinski definition) is 5. The summed E-state index contributed by atoms with van der Waals surface area (Å²) >= 11 is 0. The van der Waals surface area contributed by atoms with Crippen LogP contribution in [0.2, 0.25) is 0 Å². The SMILES string of the molecule is CCOc1cc2c(cc1OCC)C(CC(=O)OC)N(C(=O)Nc1ccc(F)cc1)CC2. The lowest BCUT2D eigenvalue weighted by Gasteiger charge is -2.37. The van der Waals surface area contributed by atoms with Crippen molar-refractivity contribution in [2.75, 3.05) is 32.2 Å². The molecule has 0 bridgehead atoms. The Bertz CT molecular complexity index is 932. The maximum absolute atomic E-state index is 13.2.